The first-order valence-electron chi connectivity index (χ1n) is 4.38. The average Bonchev–Trinajstić information content (AvgIpc) is 2.17. The predicted molar refractivity (Wildman–Crippen MR) is 48.0 cm³/mol. The Bertz CT molecular complexity index is 309. The largest absolute Gasteiger partial charge is 0.508 e. The standard InChI is InChI=1S/C10H12O3/c11-6-7-4-5-13-9-3-1-2-8(12)10(7)9/h1-3,7,11-12H,4-6H2. The van der Waals surface area contributed by atoms with Crippen LogP contribution in [0.4, 0.5) is 0 Å². The number of aliphatic hydroxyl groups excluding tert-OH is 1. The molecule has 1 heterocycles. The van der Waals surface area contributed by atoms with E-state index in [9.17, 15) is 5.11 Å². The minimum Gasteiger partial charge on any atom is -0.508 e. The molecule has 70 valence electrons. The van der Waals surface area contributed by atoms with Crippen LogP contribution in [0.15, 0.2) is 18.2 Å². The number of benzene rings is 1. The van der Waals surface area contributed by atoms with Gasteiger partial charge >= 0.3 is 0 Å². The van der Waals surface area contributed by atoms with Gasteiger partial charge in [0.2, 0.25) is 0 Å². The van der Waals surface area contributed by atoms with Crippen molar-refractivity contribution in [1.29, 1.82) is 0 Å². The van der Waals surface area contributed by atoms with Crippen LogP contribution in [0.25, 0.3) is 0 Å². The van der Waals surface area contributed by atoms with Crippen LogP contribution in [0.1, 0.15) is 17.9 Å². The number of hydrogen-bond acceptors (Lipinski definition) is 3. The zero-order valence-corrected chi connectivity index (χ0v) is 7.23. The van der Waals surface area contributed by atoms with Gasteiger partial charge < -0.3 is 14.9 Å². The molecule has 0 saturated heterocycles. The fraction of sp³-hybridized carbons (Fsp3) is 0.400. The lowest BCUT2D eigenvalue weighted by atomic mass is 9.93. The Hall–Kier alpha value is -1.22. The van der Waals surface area contributed by atoms with Crippen LogP contribution in [0.3, 0.4) is 0 Å². The molecule has 13 heavy (non-hydrogen) atoms. The Morgan fingerprint density at radius 3 is 3.08 bits per heavy atom. The summed E-state index contributed by atoms with van der Waals surface area (Å²) in [6, 6.07) is 5.18. The van der Waals surface area contributed by atoms with Crippen LogP contribution >= 0.6 is 0 Å². The number of aromatic hydroxyl groups is 1. The van der Waals surface area contributed by atoms with E-state index in [1.54, 1.807) is 12.1 Å². The first kappa shape index (κ1) is 8.38. The summed E-state index contributed by atoms with van der Waals surface area (Å²) in [6.07, 6.45) is 0.765. The quantitative estimate of drug-likeness (QED) is 0.683. The average molecular weight is 180 g/mol. The van der Waals surface area contributed by atoms with Gasteiger partial charge in [0.1, 0.15) is 11.5 Å². The highest BCUT2D eigenvalue weighted by Crippen LogP contribution is 2.38. The molecule has 0 spiro atoms. The SMILES string of the molecule is OCC1CCOc2cccc(O)c21. The first-order valence-corrected chi connectivity index (χ1v) is 4.38. The Kier molecular flexibility index (Phi) is 2.10. The van der Waals surface area contributed by atoms with Crippen molar-refractivity contribution in [2.24, 2.45) is 0 Å². The molecule has 0 amide bonds. The third-order valence-corrected chi connectivity index (χ3v) is 2.40. The zero-order valence-electron chi connectivity index (χ0n) is 7.23. The van der Waals surface area contributed by atoms with Crippen LogP contribution < -0.4 is 4.74 Å². The lowest BCUT2D eigenvalue weighted by molar-refractivity contribution is 0.201. The van der Waals surface area contributed by atoms with Gasteiger partial charge in [0.25, 0.3) is 0 Å². The van der Waals surface area contributed by atoms with E-state index in [1.807, 2.05) is 6.07 Å². The molecule has 0 saturated carbocycles. The van der Waals surface area contributed by atoms with Crippen molar-refractivity contribution >= 4 is 0 Å². The Morgan fingerprint density at radius 2 is 2.31 bits per heavy atom. The highest BCUT2D eigenvalue weighted by Gasteiger charge is 2.23. The van der Waals surface area contributed by atoms with E-state index in [0.717, 1.165) is 12.0 Å². The number of fused-ring (bicyclic) bond motifs is 1. The number of phenolic OH excluding ortho intramolecular Hbond substituents is 1. The molecule has 2 N–H and O–H groups in total. The summed E-state index contributed by atoms with van der Waals surface area (Å²) in [7, 11) is 0. The molecule has 0 aromatic heterocycles. The van der Waals surface area contributed by atoms with Gasteiger partial charge in [0.15, 0.2) is 0 Å². The van der Waals surface area contributed by atoms with Crippen molar-refractivity contribution in [3.05, 3.63) is 23.8 Å². The molecular weight excluding hydrogens is 168 g/mol. The zero-order chi connectivity index (χ0) is 9.26. The maximum atomic E-state index is 9.57. The van der Waals surface area contributed by atoms with E-state index in [1.165, 1.54) is 0 Å². The second-order valence-electron chi connectivity index (χ2n) is 3.21. The van der Waals surface area contributed by atoms with Gasteiger partial charge in [-0.15, -0.1) is 0 Å². The fourth-order valence-electron chi connectivity index (χ4n) is 1.71. The summed E-state index contributed by atoms with van der Waals surface area (Å²) < 4.78 is 5.37. The molecule has 1 unspecified atom stereocenters. The molecule has 0 bridgehead atoms. The van der Waals surface area contributed by atoms with Crippen molar-refractivity contribution in [1.82, 2.24) is 0 Å². The Morgan fingerprint density at radius 1 is 1.46 bits per heavy atom. The number of rotatable bonds is 1. The van der Waals surface area contributed by atoms with Crippen molar-refractivity contribution in [3.63, 3.8) is 0 Å². The van der Waals surface area contributed by atoms with Crippen LogP contribution in [0.5, 0.6) is 11.5 Å². The second-order valence-corrected chi connectivity index (χ2v) is 3.21. The predicted octanol–water partition coefficient (Wildman–Crippen LogP) is 1.25. The van der Waals surface area contributed by atoms with E-state index in [4.69, 9.17) is 9.84 Å². The van der Waals surface area contributed by atoms with Crippen LogP contribution in [-0.2, 0) is 0 Å². The molecule has 3 nitrogen and oxygen atoms in total. The Labute approximate surface area is 76.6 Å². The molecule has 2 rings (SSSR count). The van der Waals surface area contributed by atoms with Crippen LogP contribution in [-0.4, -0.2) is 23.4 Å². The molecule has 1 aliphatic heterocycles. The van der Waals surface area contributed by atoms with E-state index in [0.29, 0.717) is 12.4 Å². The van der Waals surface area contributed by atoms with Crippen LogP contribution in [0, 0.1) is 0 Å². The third kappa shape index (κ3) is 1.35. The first-order chi connectivity index (χ1) is 6.33. The fourth-order valence-corrected chi connectivity index (χ4v) is 1.71. The monoisotopic (exact) mass is 180 g/mol. The van der Waals surface area contributed by atoms with Crippen molar-refractivity contribution in [2.45, 2.75) is 12.3 Å². The molecule has 1 aromatic carbocycles. The van der Waals surface area contributed by atoms with Crippen molar-refractivity contribution in [3.8, 4) is 11.5 Å². The van der Waals surface area contributed by atoms with Gasteiger partial charge in [-0.2, -0.15) is 0 Å². The third-order valence-electron chi connectivity index (χ3n) is 2.40. The highest BCUT2D eigenvalue weighted by molar-refractivity contribution is 5.47. The van der Waals surface area contributed by atoms with E-state index in [-0.39, 0.29) is 18.3 Å². The normalized spacial score (nSPS) is 20.5. The summed E-state index contributed by atoms with van der Waals surface area (Å²) in [4.78, 5) is 0. The maximum absolute atomic E-state index is 9.57. The summed E-state index contributed by atoms with van der Waals surface area (Å²) >= 11 is 0. The number of ether oxygens (including phenoxy) is 1. The molecule has 1 atom stereocenters. The molecule has 0 radical (unpaired) electrons. The van der Waals surface area contributed by atoms with Gasteiger partial charge in [-0.25, -0.2) is 0 Å². The number of hydrogen-bond donors (Lipinski definition) is 2. The van der Waals surface area contributed by atoms with Gasteiger partial charge in [-0.3, -0.25) is 0 Å². The topological polar surface area (TPSA) is 49.7 Å². The van der Waals surface area contributed by atoms with Crippen molar-refractivity contribution in [2.75, 3.05) is 13.2 Å². The van der Waals surface area contributed by atoms with Gasteiger partial charge in [0, 0.05) is 11.5 Å². The second kappa shape index (κ2) is 3.26. The minimum atomic E-state index is 0.0185. The van der Waals surface area contributed by atoms with Gasteiger partial charge in [-0.1, -0.05) is 6.07 Å². The highest BCUT2D eigenvalue weighted by atomic mass is 16.5. The molecule has 0 aliphatic carbocycles. The lowest BCUT2D eigenvalue weighted by Crippen LogP contribution is -2.16. The lowest BCUT2D eigenvalue weighted by Gasteiger charge is -2.24. The summed E-state index contributed by atoms with van der Waals surface area (Å²) in [5.74, 6) is 0.937. The molecule has 3 heteroatoms. The number of phenols is 1. The summed E-state index contributed by atoms with van der Waals surface area (Å²) in [5, 5.41) is 18.7. The van der Waals surface area contributed by atoms with E-state index >= 15 is 0 Å². The van der Waals surface area contributed by atoms with Crippen molar-refractivity contribution < 1.29 is 14.9 Å². The smallest absolute Gasteiger partial charge is 0.126 e. The summed E-state index contributed by atoms with van der Waals surface area (Å²) in [6.45, 7) is 0.676. The summed E-state index contributed by atoms with van der Waals surface area (Å²) in [5.41, 5.74) is 0.747. The van der Waals surface area contributed by atoms with E-state index < -0.39 is 0 Å². The maximum Gasteiger partial charge on any atom is 0.126 e. The number of aliphatic hydroxyl groups is 1. The molecule has 1 aliphatic rings. The van der Waals surface area contributed by atoms with Crippen LogP contribution in [0.2, 0.25) is 0 Å². The molecule has 1 aromatic rings. The van der Waals surface area contributed by atoms with E-state index in [2.05, 4.69) is 0 Å². The minimum absolute atomic E-state index is 0.0185. The molecular formula is C10H12O3. The van der Waals surface area contributed by atoms with Gasteiger partial charge in [0.05, 0.1) is 13.2 Å². The molecule has 0 fully saturated rings. The van der Waals surface area contributed by atoms with Gasteiger partial charge in [-0.05, 0) is 18.6 Å². The Balaban J connectivity index is 2.47.